The van der Waals surface area contributed by atoms with Crippen molar-refractivity contribution in [1.82, 2.24) is 24.8 Å². The van der Waals surface area contributed by atoms with Crippen LogP contribution < -0.4 is 19.5 Å². The fraction of sp³-hybridized carbons (Fsp3) is 0.643. The first-order chi connectivity index (χ1) is 28.4. The summed E-state index contributed by atoms with van der Waals surface area (Å²) in [4.78, 5) is 62.6. The number of methoxy groups -OCH3 is 1. The van der Waals surface area contributed by atoms with Crippen LogP contribution in [0.2, 0.25) is 0 Å². The largest absolute Gasteiger partial charge is 0.497 e. The maximum atomic E-state index is 17.1. The topological polar surface area (TPSA) is 185 Å². The van der Waals surface area contributed by atoms with E-state index in [1.807, 2.05) is 13.8 Å². The van der Waals surface area contributed by atoms with Crippen molar-refractivity contribution in [3.63, 3.8) is 0 Å². The predicted molar refractivity (Wildman–Crippen MR) is 214 cm³/mol. The molecule has 1 saturated heterocycles. The molecule has 3 N–H and O–H groups in total. The van der Waals surface area contributed by atoms with Crippen LogP contribution in [0, 0.1) is 5.92 Å². The average molecular weight is 880 g/mol. The SMILES string of the molecule is COc1ccc2nc(C(C)C)c3c(c2c1)[C@H](F)C[C@]1(C[C@H]2C(=O)N[C@]4(C(=O)NS(=O)(=O)C5(C)CC5)C[C@H]4/C=C\CCCCC[C@H](N(C(=O)O)C(C)(C)C(F)(F)F)C(=O)N2C1)O3. The molecular weight excluding hydrogens is 827 g/mol. The van der Waals surface area contributed by atoms with Crippen molar-refractivity contribution in [2.45, 2.75) is 151 Å². The molecule has 0 radical (unpaired) electrons. The van der Waals surface area contributed by atoms with Gasteiger partial charge in [-0.2, -0.15) is 13.2 Å². The number of carbonyl (C=O) groups excluding carboxylic acids is 3. The molecule has 5 aliphatic rings. The van der Waals surface area contributed by atoms with E-state index in [4.69, 9.17) is 14.5 Å². The summed E-state index contributed by atoms with van der Waals surface area (Å²) in [5.41, 5.74) is -5.52. The summed E-state index contributed by atoms with van der Waals surface area (Å²) in [7, 11) is -2.71. The molecule has 0 bridgehead atoms. The lowest BCUT2D eigenvalue weighted by Gasteiger charge is -2.43. The number of aromatic nitrogens is 1. The van der Waals surface area contributed by atoms with E-state index in [1.54, 1.807) is 30.4 Å². The Labute approximate surface area is 351 Å². The van der Waals surface area contributed by atoms with Crippen molar-refractivity contribution < 1.29 is 59.7 Å². The summed E-state index contributed by atoms with van der Waals surface area (Å²) in [6, 6.07) is 1.42. The number of halogens is 4. The molecule has 1 aromatic heterocycles. The summed E-state index contributed by atoms with van der Waals surface area (Å²) in [6.07, 6.45) is -4.46. The zero-order chi connectivity index (χ0) is 44.7. The fourth-order valence-corrected chi connectivity index (χ4v) is 10.4. The van der Waals surface area contributed by atoms with Crippen molar-refractivity contribution in [3.05, 3.63) is 41.6 Å². The molecule has 3 aliphatic heterocycles. The van der Waals surface area contributed by atoms with Gasteiger partial charge in [0.1, 0.15) is 46.4 Å². The second-order valence-electron chi connectivity index (χ2n) is 18.4. The van der Waals surface area contributed by atoms with Crippen LogP contribution in [-0.4, -0.2) is 105 Å². The monoisotopic (exact) mass is 879 g/mol. The van der Waals surface area contributed by atoms with Gasteiger partial charge in [0.05, 0.1) is 29.6 Å². The Bertz CT molecular complexity index is 2280. The Morgan fingerprint density at radius 1 is 1.11 bits per heavy atom. The van der Waals surface area contributed by atoms with Gasteiger partial charge in [-0.15, -0.1) is 0 Å². The van der Waals surface area contributed by atoms with Crippen LogP contribution in [0.4, 0.5) is 22.4 Å². The van der Waals surface area contributed by atoms with Gasteiger partial charge in [-0.25, -0.2) is 22.6 Å². The van der Waals surface area contributed by atoms with Gasteiger partial charge < -0.3 is 24.8 Å². The number of rotatable bonds is 7. The number of nitrogens with one attached hydrogen (secondary N) is 2. The van der Waals surface area contributed by atoms with Crippen LogP contribution in [-0.2, 0) is 24.4 Å². The Morgan fingerprint density at radius 3 is 2.44 bits per heavy atom. The summed E-state index contributed by atoms with van der Waals surface area (Å²) in [6.45, 7) is 5.93. The molecule has 2 aromatic rings. The molecule has 6 atom stereocenters. The van der Waals surface area contributed by atoms with Gasteiger partial charge in [-0.1, -0.05) is 38.8 Å². The van der Waals surface area contributed by atoms with Crippen molar-refractivity contribution in [2.75, 3.05) is 13.7 Å². The number of hydrogen-bond donors (Lipinski definition) is 3. The highest BCUT2D eigenvalue weighted by Crippen LogP contribution is 2.53. The molecule has 1 aromatic carbocycles. The molecule has 19 heteroatoms. The maximum absolute atomic E-state index is 17.1. The summed E-state index contributed by atoms with van der Waals surface area (Å²) in [5, 5.41) is 13.5. The highest BCUT2D eigenvalue weighted by atomic mass is 32.2. The minimum Gasteiger partial charge on any atom is -0.497 e. The van der Waals surface area contributed by atoms with Gasteiger partial charge >= 0.3 is 12.3 Å². The molecular formula is C42H53F4N5O9S. The van der Waals surface area contributed by atoms with Crippen molar-refractivity contribution in [2.24, 2.45) is 5.92 Å². The van der Waals surface area contributed by atoms with Crippen LogP contribution in [0.1, 0.15) is 122 Å². The number of sulfonamides is 1. The first-order valence-corrected chi connectivity index (χ1v) is 22.2. The van der Waals surface area contributed by atoms with Gasteiger partial charge in [0, 0.05) is 29.7 Å². The van der Waals surface area contributed by atoms with Crippen LogP contribution in [0.3, 0.4) is 0 Å². The van der Waals surface area contributed by atoms with Crippen molar-refractivity contribution >= 4 is 44.7 Å². The van der Waals surface area contributed by atoms with Crippen LogP contribution in [0.25, 0.3) is 10.9 Å². The Hall–Kier alpha value is -4.68. The number of benzene rings is 1. The highest BCUT2D eigenvalue weighted by molar-refractivity contribution is 7.91. The number of alkyl halides is 4. The molecule has 334 valence electrons. The Morgan fingerprint density at radius 2 is 1.82 bits per heavy atom. The van der Waals surface area contributed by atoms with Gasteiger partial charge in [0.15, 0.2) is 0 Å². The third-order valence-electron chi connectivity index (χ3n) is 13.3. The maximum Gasteiger partial charge on any atom is 0.411 e. The first-order valence-electron chi connectivity index (χ1n) is 20.7. The molecule has 61 heavy (non-hydrogen) atoms. The van der Waals surface area contributed by atoms with Crippen LogP contribution in [0.15, 0.2) is 30.4 Å². The number of carbonyl (C=O) groups is 4. The quantitative estimate of drug-likeness (QED) is 0.203. The number of pyridine rings is 1. The molecule has 0 unspecified atom stereocenters. The van der Waals surface area contributed by atoms with Crippen molar-refractivity contribution in [3.8, 4) is 11.5 Å². The summed E-state index contributed by atoms with van der Waals surface area (Å²) >= 11 is 0. The van der Waals surface area contributed by atoms with E-state index >= 15 is 9.18 Å². The number of carboxylic acid groups (broad SMARTS) is 1. The first kappa shape index (κ1) is 44.4. The second-order valence-corrected chi connectivity index (χ2v) is 20.6. The lowest BCUT2D eigenvalue weighted by Crippen LogP contribution is -2.65. The van der Waals surface area contributed by atoms with E-state index in [-0.39, 0.29) is 41.4 Å². The standard InChI is InChI=1S/C42H53F4N5O9S/c1-23(2)32-33-31(26-18-25(59-6)14-15-28(26)47-32)27(43)20-40(60-33)21-30-34(52)48-41(36(54)49-61(57,58)39(5)16-17-39)19-24(41)12-10-8-7-9-11-13-29(35(53)50(30)22-40)51(37(55)56)38(3,4)42(44,45)46/h10,12,14-15,18,23-24,27,29-30H,7-9,11,13,16-17,19-22H2,1-6H3,(H,48,52)(H,49,54)(H,55,56)/b12-10-/t24-,27-,29+,30+,40-,41-/m1/s1. The fourth-order valence-electron chi connectivity index (χ4n) is 9.08. The lowest BCUT2D eigenvalue weighted by molar-refractivity contribution is -0.220. The lowest BCUT2D eigenvalue weighted by atomic mass is 9.85. The smallest absolute Gasteiger partial charge is 0.411 e. The number of nitrogens with zero attached hydrogens (tertiary/aromatic N) is 3. The van der Waals surface area contributed by atoms with E-state index in [1.165, 1.54) is 14.0 Å². The summed E-state index contributed by atoms with van der Waals surface area (Å²) in [5.74, 6) is -3.54. The Balaban J connectivity index is 1.34. The van der Waals surface area contributed by atoms with E-state index in [9.17, 15) is 41.1 Å². The van der Waals surface area contributed by atoms with Gasteiger partial charge in [-0.05, 0) is 83.4 Å². The predicted octanol–water partition coefficient (Wildman–Crippen LogP) is 6.58. The zero-order valence-corrected chi connectivity index (χ0v) is 35.8. The Kier molecular flexibility index (Phi) is 11.1. The van der Waals surface area contributed by atoms with E-state index < -0.39 is 105 Å². The molecule has 3 fully saturated rings. The molecule has 2 saturated carbocycles. The van der Waals surface area contributed by atoms with E-state index in [2.05, 4.69) is 10.0 Å². The van der Waals surface area contributed by atoms with Crippen LogP contribution in [0.5, 0.6) is 11.5 Å². The number of fused-ring (bicyclic) bond motifs is 5. The van der Waals surface area contributed by atoms with Gasteiger partial charge in [-0.3, -0.25) is 24.0 Å². The normalized spacial score (nSPS) is 29.6. The molecule has 14 nitrogen and oxygen atoms in total. The minimum atomic E-state index is -5.13. The minimum absolute atomic E-state index is 0.00465. The highest BCUT2D eigenvalue weighted by Gasteiger charge is 2.65. The summed E-state index contributed by atoms with van der Waals surface area (Å²) < 4.78 is 101. The zero-order valence-electron chi connectivity index (χ0n) is 35.0. The average Bonchev–Trinajstić information content (AvgIpc) is 4.06. The second kappa shape index (κ2) is 15.3. The number of hydrogen-bond acceptors (Lipinski definition) is 9. The third-order valence-corrected chi connectivity index (χ3v) is 15.5. The van der Waals surface area contributed by atoms with Crippen molar-refractivity contribution in [1.29, 1.82) is 0 Å². The third kappa shape index (κ3) is 7.76. The molecule has 7 rings (SSSR count). The number of allylic oxidation sites excluding steroid dienone is 1. The molecule has 1 spiro atoms. The molecule has 4 heterocycles. The van der Waals surface area contributed by atoms with Crippen LogP contribution >= 0.6 is 0 Å². The molecule has 2 aliphatic carbocycles. The van der Waals surface area contributed by atoms with E-state index in [0.29, 0.717) is 68.3 Å². The number of ether oxygens (including phenoxy) is 2. The van der Waals surface area contributed by atoms with Gasteiger partial charge in [0.2, 0.25) is 21.8 Å². The van der Waals surface area contributed by atoms with E-state index in [0.717, 1.165) is 4.90 Å². The number of amides is 4. The molecule has 4 amide bonds. The van der Waals surface area contributed by atoms with Gasteiger partial charge in [0.25, 0.3) is 5.91 Å².